The second kappa shape index (κ2) is 6.69. The maximum Gasteiger partial charge on any atom is 0.358 e. The van der Waals surface area contributed by atoms with Crippen LogP contribution in [0.5, 0.6) is 5.75 Å². The van der Waals surface area contributed by atoms with Crippen molar-refractivity contribution in [3.05, 3.63) is 58.7 Å². The number of rotatable bonds is 4. The highest BCUT2D eigenvalue weighted by atomic mass is 79.9. The number of para-hydroxylation sites is 1. The molecule has 0 fully saturated rings. The Morgan fingerprint density at radius 3 is 2.46 bits per heavy atom. The summed E-state index contributed by atoms with van der Waals surface area (Å²) in [6.45, 7) is 3.87. The third-order valence-electron chi connectivity index (χ3n) is 3.63. The molecule has 24 heavy (non-hydrogen) atoms. The van der Waals surface area contributed by atoms with Gasteiger partial charge in [0.05, 0.1) is 18.7 Å². The summed E-state index contributed by atoms with van der Waals surface area (Å²) in [6.07, 6.45) is -0.0674. The first-order valence-corrected chi connectivity index (χ1v) is 8.46. The number of ether oxygens (including phenoxy) is 2. The second-order valence-electron chi connectivity index (χ2n) is 5.67. The SMILES string of the molecule is COC(=O)c1c(OC(C)C)c2cc(Br)ccc2n1-c1ccccc1. The van der Waals surface area contributed by atoms with Crippen molar-refractivity contribution in [3.63, 3.8) is 0 Å². The Kier molecular flexibility index (Phi) is 4.62. The van der Waals surface area contributed by atoms with Crippen LogP contribution >= 0.6 is 15.9 Å². The lowest BCUT2D eigenvalue weighted by atomic mass is 10.2. The predicted molar refractivity (Wildman–Crippen MR) is 98.1 cm³/mol. The highest BCUT2D eigenvalue weighted by Gasteiger charge is 2.26. The average Bonchev–Trinajstić information content (AvgIpc) is 2.88. The Balaban J connectivity index is 2.42. The minimum atomic E-state index is -0.429. The molecule has 0 aliphatic carbocycles. The highest BCUT2D eigenvalue weighted by Crippen LogP contribution is 2.38. The summed E-state index contributed by atoms with van der Waals surface area (Å²) in [5.74, 6) is 0.110. The van der Waals surface area contributed by atoms with Crippen LogP contribution in [0.4, 0.5) is 0 Å². The fraction of sp³-hybridized carbons (Fsp3) is 0.211. The van der Waals surface area contributed by atoms with E-state index in [9.17, 15) is 4.79 Å². The number of hydrogen-bond acceptors (Lipinski definition) is 3. The number of aromatic nitrogens is 1. The van der Waals surface area contributed by atoms with Gasteiger partial charge in [-0.15, -0.1) is 0 Å². The molecule has 1 heterocycles. The maximum absolute atomic E-state index is 12.5. The molecule has 0 unspecified atom stereocenters. The molecule has 5 heteroatoms. The third kappa shape index (κ3) is 2.91. The van der Waals surface area contributed by atoms with E-state index in [0.29, 0.717) is 11.4 Å². The van der Waals surface area contributed by atoms with Crippen LogP contribution in [-0.4, -0.2) is 23.8 Å². The largest absolute Gasteiger partial charge is 0.488 e. The van der Waals surface area contributed by atoms with E-state index < -0.39 is 5.97 Å². The molecule has 0 aliphatic rings. The lowest BCUT2D eigenvalue weighted by molar-refractivity contribution is 0.0585. The normalized spacial score (nSPS) is 11.0. The van der Waals surface area contributed by atoms with E-state index in [1.165, 1.54) is 7.11 Å². The Labute approximate surface area is 149 Å². The van der Waals surface area contributed by atoms with Crippen LogP contribution < -0.4 is 4.74 Å². The molecular formula is C19H18BrNO3. The van der Waals surface area contributed by atoms with Gasteiger partial charge < -0.3 is 14.0 Å². The van der Waals surface area contributed by atoms with Crippen molar-refractivity contribution < 1.29 is 14.3 Å². The van der Waals surface area contributed by atoms with Crippen molar-refractivity contribution in [2.45, 2.75) is 20.0 Å². The number of esters is 1. The molecule has 0 atom stereocenters. The molecule has 0 saturated carbocycles. The Morgan fingerprint density at radius 2 is 1.83 bits per heavy atom. The van der Waals surface area contributed by atoms with Crippen LogP contribution in [0.1, 0.15) is 24.3 Å². The van der Waals surface area contributed by atoms with Crippen LogP contribution in [0, 0.1) is 0 Å². The summed E-state index contributed by atoms with van der Waals surface area (Å²) in [6, 6.07) is 15.6. The Morgan fingerprint density at radius 1 is 1.12 bits per heavy atom. The zero-order valence-electron chi connectivity index (χ0n) is 13.7. The van der Waals surface area contributed by atoms with Gasteiger partial charge in [-0.05, 0) is 44.2 Å². The molecular weight excluding hydrogens is 370 g/mol. The van der Waals surface area contributed by atoms with E-state index >= 15 is 0 Å². The van der Waals surface area contributed by atoms with Crippen molar-refractivity contribution in [3.8, 4) is 11.4 Å². The van der Waals surface area contributed by atoms with E-state index in [1.807, 2.05) is 66.9 Å². The number of methoxy groups -OCH3 is 1. The predicted octanol–water partition coefficient (Wildman–Crippen LogP) is 4.97. The first-order chi connectivity index (χ1) is 11.5. The monoisotopic (exact) mass is 387 g/mol. The number of benzene rings is 2. The maximum atomic E-state index is 12.5. The van der Waals surface area contributed by atoms with Crippen LogP contribution in [0.2, 0.25) is 0 Å². The second-order valence-corrected chi connectivity index (χ2v) is 6.58. The van der Waals surface area contributed by atoms with Crippen molar-refractivity contribution in [2.24, 2.45) is 0 Å². The van der Waals surface area contributed by atoms with Crippen LogP contribution in [0.3, 0.4) is 0 Å². The molecule has 0 aliphatic heterocycles. The van der Waals surface area contributed by atoms with Gasteiger partial charge in [-0.3, -0.25) is 0 Å². The zero-order valence-corrected chi connectivity index (χ0v) is 15.3. The van der Waals surface area contributed by atoms with Gasteiger partial charge in [0.25, 0.3) is 0 Å². The molecule has 0 bridgehead atoms. The number of carbonyl (C=O) groups is 1. The molecule has 0 radical (unpaired) electrons. The Hall–Kier alpha value is -2.27. The summed E-state index contributed by atoms with van der Waals surface area (Å²) in [5.41, 5.74) is 2.16. The quantitative estimate of drug-likeness (QED) is 0.593. The molecule has 0 saturated heterocycles. The van der Waals surface area contributed by atoms with Crippen molar-refractivity contribution >= 4 is 32.8 Å². The molecule has 2 aromatic carbocycles. The summed E-state index contributed by atoms with van der Waals surface area (Å²) in [7, 11) is 1.38. The molecule has 4 nitrogen and oxygen atoms in total. The summed E-state index contributed by atoms with van der Waals surface area (Å²) < 4.78 is 13.8. The highest BCUT2D eigenvalue weighted by molar-refractivity contribution is 9.10. The number of carbonyl (C=O) groups excluding carboxylic acids is 1. The van der Waals surface area contributed by atoms with Gasteiger partial charge in [-0.1, -0.05) is 34.1 Å². The van der Waals surface area contributed by atoms with E-state index in [1.54, 1.807) is 0 Å². The lowest BCUT2D eigenvalue weighted by Crippen LogP contribution is -2.13. The summed E-state index contributed by atoms with van der Waals surface area (Å²) in [4.78, 5) is 12.5. The van der Waals surface area contributed by atoms with Gasteiger partial charge in [-0.2, -0.15) is 0 Å². The van der Waals surface area contributed by atoms with Crippen LogP contribution in [0.15, 0.2) is 53.0 Å². The minimum Gasteiger partial charge on any atom is -0.488 e. The molecule has 3 rings (SSSR count). The van der Waals surface area contributed by atoms with Crippen molar-refractivity contribution in [1.82, 2.24) is 4.57 Å². The van der Waals surface area contributed by atoms with Gasteiger partial charge in [-0.25, -0.2) is 4.79 Å². The van der Waals surface area contributed by atoms with E-state index in [2.05, 4.69) is 15.9 Å². The Bertz CT molecular complexity index is 885. The van der Waals surface area contributed by atoms with Gasteiger partial charge in [0.1, 0.15) is 0 Å². The molecule has 0 N–H and O–H groups in total. The van der Waals surface area contributed by atoms with Crippen molar-refractivity contribution in [1.29, 1.82) is 0 Å². The fourth-order valence-electron chi connectivity index (χ4n) is 2.72. The zero-order chi connectivity index (χ0) is 17.3. The summed E-state index contributed by atoms with van der Waals surface area (Å²) in [5, 5.41) is 0.863. The number of nitrogens with zero attached hydrogens (tertiary/aromatic N) is 1. The number of halogens is 1. The third-order valence-corrected chi connectivity index (χ3v) is 4.12. The lowest BCUT2D eigenvalue weighted by Gasteiger charge is -2.12. The molecule has 3 aromatic rings. The fourth-order valence-corrected chi connectivity index (χ4v) is 3.08. The standard InChI is InChI=1S/C19H18BrNO3/c1-12(2)24-18-15-11-13(20)9-10-16(15)21(17(18)19(22)23-3)14-7-5-4-6-8-14/h4-12H,1-3H3. The number of fused-ring (bicyclic) bond motifs is 1. The number of hydrogen-bond donors (Lipinski definition) is 0. The van der Waals surface area contributed by atoms with E-state index in [4.69, 9.17) is 9.47 Å². The summed E-state index contributed by atoms with van der Waals surface area (Å²) >= 11 is 3.50. The van der Waals surface area contributed by atoms with Gasteiger partial charge in [0.2, 0.25) is 0 Å². The van der Waals surface area contributed by atoms with E-state index in [-0.39, 0.29) is 6.10 Å². The average molecular weight is 388 g/mol. The van der Waals surface area contributed by atoms with Gasteiger partial charge in [0.15, 0.2) is 11.4 Å². The molecule has 0 spiro atoms. The van der Waals surface area contributed by atoms with Gasteiger partial charge >= 0.3 is 5.97 Å². The van der Waals surface area contributed by atoms with Crippen LogP contribution in [0.25, 0.3) is 16.6 Å². The topological polar surface area (TPSA) is 40.5 Å². The van der Waals surface area contributed by atoms with E-state index in [0.717, 1.165) is 21.1 Å². The van der Waals surface area contributed by atoms with Crippen LogP contribution in [-0.2, 0) is 4.74 Å². The van der Waals surface area contributed by atoms with Crippen molar-refractivity contribution in [2.75, 3.05) is 7.11 Å². The first kappa shape index (κ1) is 16.6. The first-order valence-electron chi connectivity index (χ1n) is 7.67. The molecule has 0 amide bonds. The smallest absolute Gasteiger partial charge is 0.358 e. The molecule has 1 aromatic heterocycles. The van der Waals surface area contributed by atoms with Gasteiger partial charge in [0, 0.05) is 15.5 Å². The minimum absolute atomic E-state index is 0.0674. The molecule has 124 valence electrons.